The molecule has 3 heteroatoms. The van der Waals surface area contributed by atoms with Gasteiger partial charge in [-0.3, -0.25) is 4.98 Å². The van der Waals surface area contributed by atoms with Gasteiger partial charge >= 0.3 is 0 Å². The lowest BCUT2D eigenvalue weighted by atomic mass is 10.1. The lowest BCUT2D eigenvalue weighted by Gasteiger charge is -2.34. The van der Waals surface area contributed by atoms with Crippen LogP contribution in [-0.2, 0) is 0 Å². The highest BCUT2D eigenvalue weighted by Gasteiger charge is 2.33. The van der Waals surface area contributed by atoms with E-state index < -0.39 is 0 Å². The Bertz CT molecular complexity index is 397. The molecule has 1 aliphatic heterocycles. The highest BCUT2D eigenvalue weighted by atomic mass is 16.5. The molecule has 2 aliphatic rings. The monoisotopic (exact) mass is 204 g/mol. The van der Waals surface area contributed by atoms with E-state index in [1.807, 2.05) is 12.4 Å². The van der Waals surface area contributed by atoms with Crippen molar-refractivity contribution in [3.63, 3.8) is 0 Å². The first kappa shape index (κ1) is 9.01. The van der Waals surface area contributed by atoms with Crippen molar-refractivity contribution < 1.29 is 4.74 Å². The number of fused-ring (bicyclic) bond motifs is 1. The smallest absolute Gasteiger partial charge is 0.149 e. The average molecular weight is 204 g/mol. The Morgan fingerprint density at radius 1 is 1.40 bits per heavy atom. The summed E-state index contributed by atoms with van der Waals surface area (Å²) in [6.07, 6.45) is 6.37. The zero-order valence-electron chi connectivity index (χ0n) is 9.21. The first-order chi connectivity index (χ1) is 7.16. The molecule has 1 aliphatic carbocycles. The number of hydrogen-bond acceptors (Lipinski definition) is 3. The Morgan fingerprint density at radius 2 is 2.20 bits per heavy atom. The summed E-state index contributed by atoms with van der Waals surface area (Å²) in [7, 11) is 0. The van der Waals surface area contributed by atoms with Gasteiger partial charge in [0.1, 0.15) is 11.4 Å². The fourth-order valence-corrected chi connectivity index (χ4v) is 2.01. The van der Waals surface area contributed by atoms with Crippen molar-refractivity contribution in [3.05, 3.63) is 18.0 Å². The Hall–Kier alpha value is -1.25. The van der Waals surface area contributed by atoms with Crippen LogP contribution in [0.4, 0.5) is 5.69 Å². The molecule has 0 atom stereocenters. The van der Waals surface area contributed by atoms with Crippen LogP contribution in [0.3, 0.4) is 0 Å². The predicted molar refractivity (Wildman–Crippen MR) is 59.4 cm³/mol. The fourth-order valence-electron chi connectivity index (χ4n) is 2.01. The maximum atomic E-state index is 6.05. The van der Waals surface area contributed by atoms with Crippen LogP contribution in [0.5, 0.6) is 5.75 Å². The second kappa shape index (κ2) is 2.87. The van der Waals surface area contributed by atoms with E-state index in [1.54, 1.807) is 0 Å². The van der Waals surface area contributed by atoms with Gasteiger partial charge in [0.05, 0.1) is 18.4 Å². The summed E-state index contributed by atoms with van der Waals surface area (Å²) in [5, 5.41) is 3.39. The number of nitrogens with zero attached hydrogens (tertiary/aromatic N) is 1. The SMILES string of the molecule is CC1(C)CNc2cncc(C3CC3)c2O1. The summed E-state index contributed by atoms with van der Waals surface area (Å²) in [6, 6.07) is 0. The van der Waals surface area contributed by atoms with Gasteiger partial charge in [-0.15, -0.1) is 0 Å². The number of ether oxygens (including phenoxy) is 1. The van der Waals surface area contributed by atoms with Crippen LogP contribution in [0.1, 0.15) is 38.2 Å². The minimum atomic E-state index is -0.113. The minimum absolute atomic E-state index is 0.113. The van der Waals surface area contributed by atoms with Gasteiger partial charge in [-0.2, -0.15) is 0 Å². The summed E-state index contributed by atoms with van der Waals surface area (Å²) < 4.78 is 6.05. The number of pyridine rings is 1. The lowest BCUT2D eigenvalue weighted by molar-refractivity contribution is 0.114. The normalized spacial score (nSPS) is 22.5. The quantitative estimate of drug-likeness (QED) is 0.763. The van der Waals surface area contributed by atoms with E-state index in [0.29, 0.717) is 5.92 Å². The summed E-state index contributed by atoms with van der Waals surface area (Å²) in [5.74, 6) is 1.71. The molecule has 3 rings (SSSR count). The molecule has 0 bridgehead atoms. The Labute approximate surface area is 89.9 Å². The van der Waals surface area contributed by atoms with Crippen molar-refractivity contribution in [1.82, 2.24) is 4.98 Å². The van der Waals surface area contributed by atoms with Gasteiger partial charge in [0.15, 0.2) is 0 Å². The van der Waals surface area contributed by atoms with Crippen LogP contribution in [0, 0.1) is 0 Å². The lowest BCUT2D eigenvalue weighted by Crippen LogP contribution is -2.40. The molecule has 1 aromatic heterocycles. The molecule has 3 nitrogen and oxygen atoms in total. The highest BCUT2D eigenvalue weighted by Crippen LogP contribution is 2.48. The van der Waals surface area contributed by atoms with Gasteiger partial charge in [-0.05, 0) is 32.6 Å². The molecule has 0 radical (unpaired) electrons. The van der Waals surface area contributed by atoms with Crippen LogP contribution in [0.2, 0.25) is 0 Å². The Morgan fingerprint density at radius 3 is 2.93 bits per heavy atom. The Kier molecular flexibility index (Phi) is 1.73. The molecule has 0 aromatic carbocycles. The van der Waals surface area contributed by atoms with Crippen molar-refractivity contribution in [2.45, 2.75) is 38.2 Å². The predicted octanol–water partition coefficient (Wildman–Crippen LogP) is 2.54. The van der Waals surface area contributed by atoms with Gasteiger partial charge in [0.25, 0.3) is 0 Å². The molecule has 1 fully saturated rings. The maximum absolute atomic E-state index is 6.05. The second-order valence-electron chi connectivity index (χ2n) is 5.09. The largest absolute Gasteiger partial charge is 0.483 e. The first-order valence-corrected chi connectivity index (χ1v) is 5.56. The van der Waals surface area contributed by atoms with E-state index in [9.17, 15) is 0 Å². The number of nitrogens with one attached hydrogen (secondary N) is 1. The molecule has 0 unspecified atom stereocenters. The molecule has 0 saturated heterocycles. The number of rotatable bonds is 1. The molecule has 15 heavy (non-hydrogen) atoms. The van der Waals surface area contributed by atoms with Crippen LogP contribution in [0.25, 0.3) is 0 Å². The molecule has 0 amide bonds. The van der Waals surface area contributed by atoms with Crippen LogP contribution < -0.4 is 10.1 Å². The number of hydrogen-bond donors (Lipinski definition) is 1. The van der Waals surface area contributed by atoms with E-state index in [1.165, 1.54) is 18.4 Å². The topological polar surface area (TPSA) is 34.2 Å². The maximum Gasteiger partial charge on any atom is 0.149 e. The number of anilines is 1. The average Bonchev–Trinajstić information content (AvgIpc) is 2.99. The summed E-state index contributed by atoms with van der Waals surface area (Å²) >= 11 is 0. The first-order valence-electron chi connectivity index (χ1n) is 5.56. The highest BCUT2D eigenvalue weighted by molar-refractivity contribution is 5.61. The van der Waals surface area contributed by atoms with E-state index in [-0.39, 0.29) is 5.60 Å². The van der Waals surface area contributed by atoms with Crippen molar-refractivity contribution in [3.8, 4) is 5.75 Å². The fraction of sp³-hybridized carbons (Fsp3) is 0.583. The molecule has 1 aromatic rings. The molecule has 1 saturated carbocycles. The van der Waals surface area contributed by atoms with Crippen LogP contribution >= 0.6 is 0 Å². The van der Waals surface area contributed by atoms with E-state index in [4.69, 9.17) is 4.74 Å². The third-order valence-electron chi connectivity index (χ3n) is 3.02. The molecular weight excluding hydrogens is 188 g/mol. The van der Waals surface area contributed by atoms with Crippen molar-refractivity contribution in [2.24, 2.45) is 0 Å². The van der Waals surface area contributed by atoms with Crippen LogP contribution in [-0.4, -0.2) is 17.1 Å². The molecule has 0 spiro atoms. The van der Waals surface area contributed by atoms with Crippen molar-refractivity contribution >= 4 is 5.69 Å². The molecule has 80 valence electrons. The van der Waals surface area contributed by atoms with Gasteiger partial charge < -0.3 is 10.1 Å². The molecule has 1 N–H and O–H groups in total. The molecule has 2 heterocycles. The van der Waals surface area contributed by atoms with E-state index >= 15 is 0 Å². The summed E-state index contributed by atoms with van der Waals surface area (Å²) in [4.78, 5) is 4.26. The van der Waals surface area contributed by atoms with Gasteiger partial charge in [0.2, 0.25) is 0 Å². The zero-order chi connectivity index (χ0) is 10.5. The summed E-state index contributed by atoms with van der Waals surface area (Å²) in [6.45, 7) is 5.07. The summed E-state index contributed by atoms with van der Waals surface area (Å²) in [5.41, 5.74) is 2.23. The van der Waals surface area contributed by atoms with Gasteiger partial charge in [-0.1, -0.05) is 0 Å². The third-order valence-corrected chi connectivity index (χ3v) is 3.02. The Balaban J connectivity index is 2.04. The van der Waals surface area contributed by atoms with Gasteiger partial charge in [0, 0.05) is 11.8 Å². The van der Waals surface area contributed by atoms with Gasteiger partial charge in [-0.25, -0.2) is 0 Å². The number of aromatic nitrogens is 1. The van der Waals surface area contributed by atoms with E-state index in [2.05, 4.69) is 24.1 Å². The van der Waals surface area contributed by atoms with Crippen molar-refractivity contribution in [2.75, 3.05) is 11.9 Å². The second-order valence-corrected chi connectivity index (χ2v) is 5.09. The minimum Gasteiger partial charge on any atom is -0.483 e. The molecular formula is C12H16N2O. The van der Waals surface area contributed by atoms with Crippen LogP contribution in [0.15, 0.2) is 12.4 Å². The van der Waals surface area contributed by atoms with E-state index in [0.717, 1.165) is 18.0 Å². The third kappa shape index (κ3) is 1.56. The van der Waals surface area contributed by atoms with Crippen molar-refractivity contribution in [1.29, 1.82) is 0 Å². The zero-order valence-corrected chi connectivity index (χ0v) is 9.21. The standard InChI is InChI=1S/C12H16N2O/c1-12(2)7-14-10-6-13-5-9(8-3-4-8)11(10)15-12/h5-6,8,14H,3-4,7H2,1-2H3.